The van der Waals surface area contributed by atoms with Crippen LogP contribution in [0, 0.1) is 0 Å². The van der Waals surface area contributed by atoms with Crippen molar-refractivity contribution >= 4 is 15.4 Å². The van der Waals surface area contributed by atoms with Crippen molar-refractivity contribution in [2.45, 2.75) is 72.1 Å². The summed E-state index contributed by atoms with van der Waals surface area (Å²) in [6.45, 7) is 8.38. The van der Waals surface area contributed by atoms with Gasteiger partial charge >= 0.3 is 7.60 Å². The van der Waals surface area contributed by atoms with Crippen LogP contribution in [0.3, 0.4) is 0 Å². The quantitative estimate of drug-likeness (QED) is 0.313. The molecule has 0 saturated carbocycles. The summed E-state index contributed by atoms with van der Waals surface area (Å²) in [7, 11) is -6.98. The molecule has 0 aromatic rings. The summed E-state index contributed by atoms with van der Waals surface area (Å²) in [5.41, 5.74) is 3.93. The third kappa shape index (κ3) is 15.5. The molecule has 3 N–H and O–H groups in total. The first kappa shape index (κ1) is 24.6. The SMILES string of the molecule is CC(C)=CCC/C(C)=C/CC/C(C)=C/CCC(O)[PH](=O)CP(=O)(O)O. The number of aliphatic hydroxyl groups is 1. The second-order valence-electron chi connectivity index (χ2n) is 6.84. The molecule has 25 heavy (non-hydrogen) atoms. The Balaban J connectivity index is 4.11. The molecular formula is C18H34O5P2. The number of aliphatic hydroxyl groups excluding tert-OH is 1. The Morgan fingerprint density at radius 3 is 1.92 bits per heavy atom. The van der Waals surface area contributed by atoms with E-state index in [0.29, 0.717) is 6.42 Å². The van der Waals surface area contributed by atoms with E-state index in [9.17, 15) is 14.2 Å². The largest absolute Gasteiger partial charge is 0.386 e. The highest BCUT2D eigenvalue weighted by Crippen LogP contribution is 2.47. The van der Waals surface area contributed by atoms with Crippen LogP contribution in [-0.2, 0) is 9.13 Å². The normalized spacial score (nSPS) is 15.8. The average Bonchev–Trinajstić information content (AvgIpc) is 2.44. The van der Waals surface area contributed by atoms with Crippen molar-refractivity contribution in [3.05, 3.63) is 34.9 Å². The fourth-order valence-corrected chi connectivity index (χ4v) is 5.25. The molecule has 146 valence electrons. The Kier molecular flexibility index (Phi) is 12.6. The van der Waals surface area contributed by atoms with Gasteiger partial charge in [-0.05, 0) is 66.2 Å². The Bertz CT molecular complexity index is 554. The molecule has 0 fully saturated rings. The first-order valence-electron chi connectivity index (χ1n) is 8.71. The molecule has 0 aliphatic heterocycles. The number of allylic oxidation sites excluding steroid dienone is 6. The monoisotopic (exact) mass is 392 g/mol. The fourth-order valence-electron chi connectivity index (χ4n) is 2.30. The van der Waals surface area contributed by atoms with E-state index < -0.39 is 27.1 Å². The summed E-state index contributed by atoms with van der Waals surface area (Å²) in [6.07, 6.45) is 11.4. The summed E-state index contributed by atoms with van der Waals surface area (Å²) in [6, 6.07) is 0. The fraction of sp³-hybridized carbons (Fsp3) is 0.667. The zero-order valence-corrected chi connectivity index (χ0v) is 17.8. The van der Waals surface area contributed by atoms with Crippen LogP contribution in [-0.4, -0.2) is 26.6 Å². The predicted octanol–water partition coefficient (Wildman–Crippen LogP) is 5.20. The van der Waals surface area contributed by atoms with Gasteiger partial charge in [-0.15, -0.1) is 0 Å². The lowest BCUT2D eigenvalue weighted by Crippen LogP contribution is -2.02. The number of hydrogen-bond acceptors (Lipinski definition) is 3. The second kappa shape index (κ2) is 12.8. The van der Waals surface area contributed by atoms with Crippen LogP contribution in [0.25, 0.3) is 0 Å². The Morgan fingerprint density at radius 2 is 1.44 bits per heavy atom. The van der Waals surface area contributed by atoms with E-state index in [-0.39, 0.29) is 6.42 Å². The van der Waals surface area contributed by atoms with Crippen molar-refractivity contribution in [1.82, 2.24) is 0 Å². The molecule has 0 aromatic heterocycles. The van der Waals surface area contributed by atoms with Crippen LogP contribution in [0.15, 0.2) is 34.9 Å². The van der Waals surface area contributed by atoms with Crippen molar-refractivity contribution < 1.29 is 24.0 Å². The molecule has 0 radical (unpaired) electrons. The summed E-state index contributed by atoms with van der Waals surface area (Å²) in [5.74, 6) is -1.84. The molecule has 5 nitrogen and oxygen atoms in total. The maximum atomic E-state index is 11.6. The Hall–Kier alpha value is -0.440. The zero-order valence-electron chi connectivity index (χ0n) is 15.9. The van der Waals surface area contributed by atoms with Crippen LogP contribution < -0.4 is 0 Å². The average molecular weight is 392 g/mol. The van der Waals surface area contributed by atoms with Crippen molar-refractivity contribution in [3.63, 3.8) is 0 Å². The molecule has 0 saturated heterocycles. The van der Waals surface area contributed by atoms with Gasteiger partial charge in [0.25, 0.3) is 0 Å². The molecular weight excluding hydrogens is 358 g/mol. The van der Waals surface area contributed by atoms with Crippen LogP contribution >= 0.6 is 15.4 Å². The maximum Gasteiger partial charge on any atom is 0.332 e. The van der Waals surface area contributed by atoms with Crippen LogP contribution in [0.2, 0.25) is 0 Å². The smallest absolute Gasteiger partial charge is 0.332 e. The third-order valence-corrected chi connectivity index (χ3v) is 7.72. The van der Waals surface area contributed by atoms with Gasteiger partial charge in [-0.25, -0.2) is 0 Å². The highest BCUT2D eigenvalue weighted by atomic mass is 31.2. The predicted molar refractivity (Wildman–Crippen MR) is 107 cm³/mol. The lowest BCUT2D eigenvalue weighted by molar-refractivity contribution is 0.242. The second-order valence-corrected chi connectivity index (χ2v) is 11.0. The molecule has 0 heterocycles. The van der Waals surface area contributed by atoms with E-state index in [1.165, 1.54) is 16.7 Å². The van der Waals surface area contributed by atoms with Crippen LogP contribution in [0.5, 0.6) is 0 Å². The van der Waals surface area contributed by atoms with Gasteiger partial charge in [0, 0.05) is 0 Å². The standard InChI is InChI=1S/C18H34O5P2/c1-15(2)8-5-9-16(3)10-6-11-17(4)12-7-13-18(19)24(20)14-25(21,22)23/h8,10,12,18-19,24H,5-7,9,11,13-14H2,1-4H3,(H2,21,22,23)/b16-10+,17-12+. The lowest BCUT2D eigenvalue weighted by Gasteiger charge is -2.10. The first-order valence-corrected chi connectivity index (χ1v) is 12.2. The molecule has 0 amide bonds. The summed E-state index contributed by atoms with van der Waals surface area (Å²) >= 11 is 0. The van der Waals surface area contributed by atoms with Crippen LogP contribution in [0.4, 0.5) is 0 Å². The first-order chi connectivity index (χ1) is 11.5. The molecule has 0 aromatic carbocycles. The van der Waals surface area contributed by atoms with Gasteiger partial charge in [-0.2, -0.15) is 0 Å². The molecule has 2 unspecified atom stereocenters. The number of rotatable bonds is 12. The van der Waals surface area contributed by atoms with Crippen LogP contribution in [0.1, 0.15) is 66.2 Å². The molecule has 0 bridgehead atoms. The minimum Gasteiger partial charge on any atom is -0.386 e. The van der Waals surface area contributed by atoms with E-state index in [4.69, 9.17) is 9.79 Å². The van der Waals surface area contributed by atoms with Crippen molar-refractivity contribution in [3.8, 4) is 0 Å². The van der Waals surface area contributed by atoms with Gasteiger partial charge in [0.05, 0.1) is 0 Å². The van der Waals surface area contributed by atoms with E-state index in [2.05, 4.69) is 32.9 Å². The number of hydrogen-bond donors (Lipinski definition) is 3. The maximum absolute atomic E-state index is 11.6. The van der Waals surface area contributed by atoms with E-state index in [0.717, 1.165) is 25.7 Å². The van der Waals surface area contributed by atoms with E-state index in [1.807, 2.05) is 13.0 Å². The van der Waals surface area contributed by atoms with Crippen molar-refractivity contribution in [2.24, 2.45) is 0 Å². The van der Waals surface area contributed by atoms with Gasteiger partial charge in [0.15, 0.2) is 0 Å². The van der Waals surface area contributed by atoms with E-state index >= 15 is 0 Å². The van der Waals surface area contributed by atoms with E-state index in [1.54, 1.807) is 0 Å². The van der Waals surface area contributed by atoms with Crippen molar-refractivity contribution in [1.29, 1.82) is 0 Å². The molecule has 7 heteroatoms. The Morgan fingerprint density at radius 1 is 0.960 bits per heavy atom. The zero-order chi connectivity index (χ0) is 19.5. The molecule has 0 spiro atoms. The summed E-state index contributed by atoms with van der Waals surface area (Å²) in [4.78, 5) is 17.6. The molecule has 0 aliphatic carbocycles. The summed E-state index contributed by atoms with van der Waals surface area (Å²) in [5, 5.41) is 9.71. The van der Waals surface area contributed by atoms with Gasteiger partial charge in [0.2, 0.25) is 0 Å². The third-order valence-electron chi connectivity index (χ3n) is 3.79. The van der Waals surface area contributed by atoms with Gasteiger partial charge in [0.1, 0.15) is 19.5 Å². The Labute approximate surface area is 152 Å². The summed E-state index contributed by atoms with van der Waals surface area (Å²) < 4.78 is 22.4. The van der Waals surface area contributed by atoms with Gasteiger partial charge in [-0.3, -0.25) is 4.57 Å². The topological polar surface area (TPSA) is 94.8 Å². The molecule has 0 rings (SSSR count). The lowest BCUT2D eigenvalue weighted by atomic mass is 10.1. The van der Waals surface area contributed by atoms with Gasteiger partial charge < -0.3 is 19.5 Å². The van der Waals surface area contributed by atoms with Crippen molar-refractivity contribution in [2.75, 3.05) is 5.90 Å². The van der Waals surface area contributed by atoms with Gasteiger partial charge in [-0.1, -0.05) is 34.9 Å². The highest BCUT2D eigenvalue weighted by Gasteiger charge is 2.22. The highest BCUT2D eigenvalue weighted by molar-refractivity contribution is 7.66. The molecule has 0 aliphatic rings. The minimum absolute atomic E-state index is 0.271. The molecule has 2 atom stereocenters. The minimum atomic E-state index is -4.32.